The van der Waals surface area contributed by atoms with E-state index in [0.29, 0.717) is 36.9 Å². The highest BCUT2D eigenvalue weighted by Gasteiger charge is 2.73. The van der Waals surface area contributed by atoms with Gasteiger partial charge in [0.25, 0.3) is 0 Å². The minimum Gasteiger partial charge on any atom is -0.456 e. The van der Waals surface area contributed by atoms with Crippen LogP contribution >= 0.6 is 0 Å². The van der Waals surface area contributed by atoms with E-state index in [1.165, 1.54) is 0 Å². The fourth-order valence-corrected chi connectivity index (χ4v) is 10.2. The van der Waals surface area contributed by atoms with Crippen LogP contribution in [0.4, 0.5) is 0 Å². The summed E-state index contributed by atoms with van der Waals surface area (Å²) >= 11 is 0. The number of carbonyl (C=O) groups excluding carboxylic acids is 2. The SMILES string of the molecule is CC1(C)C(=O)CC[C@@]2(C)[C@H]1CC[C@]1(C)[C@H]2CC[C@@H]2[C@@](O)([C@]3(C)CCC(=O)O3)CC[C@]21C. The number of rotatable bonds is 1. The highest BCUT2D eigenvalue weighted by Crippen LogP contribution is 2.76. The standard InChI is InChI=1S/C27H42O4/c1-22(2)17-9-13-24(4)18(23(17,3)12-10-20(22)28)7-8-19-25(24,5)15-16-27(19,30)26(6)14-11-21(29)31-26/h17-19,30H,7-16H2,1-6H3/t17-,18-,19-,23-,24+,25+,26-,27+/m0/s1. The number of esters is 1. The summed E-state index contributed by atoms with van der Waals surface area (Å²) < 4.78 is 5.82. The first-order chi connectivity index (χ1) is 14.2. The lowest BCUT2D eigenvalue weighted by molar-refractivity contribution is -0.234. The first-order valence-electron chi connectivity index (χ1n) is 12.7. The van der Waals surface area contributed by atoms with E-state index in [-0.39, 0.29) is 33.5 Å². The molecular formula is C27H42O4. The van der Waals surface area contributed by atoms with Crippen molar-refractivity contribution in [3.63, 3.8) is 0 Å². The van der Waals surface area contributed by atoms with Gasteiger partial charge in [0, 0.05) is 24.7 Å². The van der Waals surface area contributed by atoms with Crippen molar-refractivity contribution in [1.82, 2.24) is 0 Å². The normalized spacial score (nSPS) is 55.9. The predicted octanol–water partition coefficient (Wildman–Crippen LogP) is 5.45. The number of hydrogen-bond acceptors (Lipinski definition) is 4. The van der Waals surface area contributed by atoms with E-state index >= 15 is 0 Å². The summed E-state index contributed by atoms with van der Waals surface area (Å²) in [6, 6.07) is 0. The third-order valence-electron chi connectivity index (χ3n) is 12.3. The molecular weight excluding hydrogens is 388 g/mol. The molecule has 31 heavy (non-hydrogen) atoms. The maximum absolute atomic E-state index is 12.8. The fourth-order valence-electron chi connectivity index (χ4n) is 10.2. The molecule has 8 atom stereocenters. The van der Waals surface area contributed by atoms with Gasteiger partial charge in [-0.15, -0.1) is 0 Å². The first kappa shape index (κ1) is 21.9. The van der Waals surface area contributed by atoms with E-state index < -0.39 is 11.2 Å². The van der Waals surface area contributed by atoms with Crippen LogP contribution in [0.15, 0.2) is 0 Å². The highest BCUT2D eigenvalue weighted by molar-refractivity contribution is 5.85. The second-order valence-electron chi connectivity index (χ2n) is 13.4. The summed E-state index contributed by atoms with van der Waals surface area (Å²) in [6.07, 6.45) is 8.85. The largest absolute Gasteiger partial charge is 0.456 e. The van der Waals surface area contributed by atoms with Crippen LogP contribution in [0.5, 0.6) is 0 Å². The van der Waals surface area contributed by atoms with Crippen molar-refractivity contribution in [3.8, 4) is 0 Å². The van der Waals surface area contributed by atoms with Crippen LogP contribution in [0, 0.1) is 39.4 Å². The molecule has 0 unspecified atom stereocenters. The average molecular weight is 431 g/mol. The average Bonchev–Trinajstić information content (AvgIpc) is 3.18. The molecule has 0 amide bonds. The van der Waals surface area contributed by atoms with Crippen LogP contribution < -0.4 is 0 Å². The third-order valence-corrected chi connectivity index (χ3v) is 12.3. The Morgan fingerprint density at radius 1 is 0.742 bits per heavy atom. The Labute approximate surface area is 187 Å². The smallest absolute Gasteiger partial charge is 0.306 e. The van der Waals surface area contributed by atoms with Gasteiger partial charge in [-0.3, -0.25) is 9.59 Å². The molecule has 4 saturated carbocycles. The minimum absolute atomic E-state index is 0.0300. The van der Waals surface area contributed by atoms with Crippen molar-refractivity contribution in [2.45, 2.75) is 117 Å². The van der Waals surface area contributed by atoms with Crippen molar-refractivity contribution >= 4 is 11.8 Å². The van der Waals surface area contributed by atoms with Gasteiger partial charge >= 0.3 is 5.97 Å². The lowest BCUT2D eigenvalue weighted by Crippen LogP contribution is -2.66. The van der Waals surface area contributed by atoms with Crippen molar-refractivity contribution in [1.29, 1.82) is 0 Å². The summed E-state index contributed by atoms with van der Waals surface area (Å²) in [5.41, 5.74) is -1.56. The molecule has 1 aliphatic heterocycles. The van der Waals surface area contributed by atoms with Crippen molar-refractivity contribution < 1.29 is 19.4 Å². The van der Waals surface area contributed by atoms with E-state index in [4.69, 9.17) is 4.74 Å². The van der Waals surface area contributed by atoms with Gasteiger partial charge in [-0.05, 0) is 85.9 Å². The highest BCUT2D eigenvalue weighted by atomic mass is 16.6. The monoisotopic (exact) mass is 430 g/mol. The molecule has 4 aliphatic carbocycles. The van der Waals surface area contributed by atoms with Crippen LogP contribution in [0.25, 0.3) is 0 Å². The number of fused-ring (bicyclic) bond motifs is 5. The van der Waals surface area contributed by atoms with Crippen LogP contribution in [-0.2, 0) is 14.3 Å². The number of Topliss-reactive ketones (excluding diaryl/α,β-unsaturated/α-hetero) is 1. The summed E-state index contributed by atoms with van der Waals surface area (Å²) in [4.78, 5) is 24.8. The summed E-state index contributed by atoms with van der Waals surface area (Å²) in [7, 11) is 0. The van der Waals surface area contributed by atoms with Crippen LogP contribution in [0.3, 0.4) is 0 Å². The molecule has 0 aromatic carbocycles. The van der Waals surface area contributed by atoms with Gasteiger partial charge in [0.1, 0.15) is 17.0 Å². The molecule has 1 N–H and O–H groups in total. The van der Waals surface area contributed by atoms with Gasteiger partial charge < -0.3 is 9.84 Å². The summed E-state index contributed by atoms with van der Waals surface area (Å²) in [6.45, 7) is 13.8. The molecule has 4 nitrogen and oxygen atoms in total. The van der Waals surface area contributed by atoms with Gasteiger partial charge in [0.05, 0.1) is 0 Å². The fraction of sp³-hybridized carbons (Fsp3) is 0.926. The quantitative estimate of drug-likeness (QED) is 0.562. The van der Waals surface area contributed by atoms with E-state index in [1.807, 2.05) is 6.92 Å². The molecule has 0 aromatic rings. The van der Waals surface area contributed by atoms with Gasteiger partial charge in [0.2, 0.25) is 0 Å². The zero-order valence-electron chi connectivity index (χ0n) is 20.5. The Kier molecular flexibility index (Phi) is 4.35. The maximum Gasteiger partial charge on any atom is 0.306 e. The lowest BCUT2D eigenvalue weighted by Gasteiger charge is -2.69. The predicted molar refractivity (Wildman–Crippen MR) is 119 cm³/mol. The molecule has 5 aliphatic rings. The van der Waals surface area contributed by atoms with Gasteiger partial charge in [0.15, 0.2) is 0 Å². The van der Waals surface area contributed by atoms with Gasteiger partial charge in [-0.1, -0.05) is 34.6 Å². The molecule has 0 aromatic heterocycles. The minimum atomic E-state index is -0.929. The Balaban J connectivity index is 1.53. The molecule has 174 valence electrons. The Bertz CT molecular complexity index is 833. The van der Waals surface area contributed by atoms with Crippen LogP contribution in [-0.4, -0.2) is 28.1 Å². The molecule has 0 bridgehead atoms. The topological polar surface area (TPSA) is 63.6 Å². The zero-order valence-corrected chi connectivity index (χ0v) is 20.5. The van der Waals surface area contributed by atoms with E-state index in [2.05, 4.69) is 34.6 Å². The number of aliphatic hydroxyl groups is 1. The second-order valence-corrected chi connectivity index (χ2v) is 13.4. The maximum atomic E-state index is 12.8. The molecule has 4 heteroatoms. The molecule has 1 saturated heterocycles. The van der Waals surface area contributed by atoms with Gasteiger partial charge in [-0.2, -0.15) is 0 Å². The lowest BCUT2D eigenvalue weighted by atomic mass is 9.35. The van der Waals surface area contributed by atoms with Crippen molar-refractivity contribution in [2.75, 3.05) is 0 Å². The van der Waals surface area contributed by atoms with Crippen molar-refractivity contribution in [3.05, 3.63) is 0 Å². The molecule has 5 fully saturated rings. The number of cyclic esters (lactones) is 1. The van der Waals surface area contributed by atoms with E-state index in [0.717, 1.165) is 44.9 Å². The summed E-state index contributed by atoms with van der Waals surface area (Å²) in [5, 5.41) is 12.1. The molecule has 0 spiro atoms. The molecule has 5 rings (SSSR count). The third kappa shape index (κ3) is 2.41. The van der Waals surface area contributed by atoms with Gasteiger partial charge in [-0.25, -0.2) is 0 Å². The second kappa shape index (κ2) is 6.15. The number of hydrogen-bond donors (Lipinski definition) is 1. The Morgan fingerprint density at radius 2 is 1.39 bits per heavy atom. The van der Waals surface area contributed by atoms with Crippen molar-refractivity contribution in [2.24, 2.45) is 39.4 Å². The summed E-state index contributed by atoms with van der Waals surface area (Å²) in [5.74, 6) is 1.48. The number of ketones is 1. The molecule has 0 radical (unpaired) electrons. The number of carbonyl (C=O) groups is 2. The molecule has 1 heterocycles. The Hall–Kier alpha value is -0.900. The van der Waals surface area contributed by atoms with Crippen LogP contribution in [0.2, 0.25) is 0 Å². The van der Waals surface area contributed by atoms with E-state index in [9.17, 15) is 14.7 Å². The zero-order chi connectivity index (χ0) is 22.7. The van der Waals surface area contributed by atoms with E-state index in [1.54, 1.807) is 0 Å². The first-order valence-corrected chi connectivity index (χ1v) is 12.7. The van der Waals surface area contributed by atoms with Crippen LogP contribution in [0.1, 0.15) is 106 Å². The number of ether oxygens (including phenoxy) is 1. The Morgan fingerprint density at radius 3 is 2.03 bits per heavy atom.